The molecule has 0 rings (SSSR count). The summed E-state index contributed by atoms with van der Waals surface area (Å²) in [6.07, 6.45) is 5.91. The molecule has 0 atom stereocenters. The van der Waals surface area contributed by atoms with Crippen LogP contribution in [0.4, 0.5) is 0 Å². The van der Waals surface area contributed by atoms with Gasteiger partial charge >= 0.3 is 5.97 Å². The number of esters is 1. The van der Waals surface area contributed by atoms with Gasteiger partial charge in [-0.2, -0.15) is 0 Å². The summed E-state index contributed by atoms with van der Waals surface area (Å²) in [6.45, 7) is 8.22. The Morgan fingerprint density at radius 3 is 2.33 bits per heavy atom. The normalized spacial score (nSPS) is 11.8. The molecular formula is C11H13NO3. The lowest BCUT2D eigenvalue weighted by Gasteiger charge is -2.04. The van der Waals surface area contributed by atoms with Crippen LogP contribution in [0.5, 0.6) is 0 Å². The number of hydrogen-bond donors (Lipinski definition) is 0. The monoisotopic (exact) mass is 207 g/mol. The van der Waals surface area contributed by atoms with Gasteiger partial charge in [0, 0.05) is 12.5 Å². The van der Waals surface area contributed by atoms with Crippen LogP contribution in [-0.2, 0) is 9.53 Å². The first-order chi connectivity index (χ1) is 7.15. The van der Waals surface area contributed by atoms with E-state index in [1.807, 2.05) is 0 Å². The molecule has 0 radical (unpaired) electrons. The van der Waals surface area contributed by atoms with Crippen molar-refractivity contribution in [3.63, 3.8) is 0 Å². The molecule has 0 heterocycles. The van der Waals surface area contributed by atoms with Crippen LogP contribution in [0.25, 0.3) is 0 Å². The predicted octanol–water partition coefficient (Wildman–Crippen LogP) is 2.50. The number of rotatable bonds is 6. The first-order valence-corrected chi connectivity index (χ1v) is 4.27. The number of carbonyl (C=O) groups is 1. The van der Waals surface area contributed by atoms with Crippen molar-refractivity contribution in [2.45, 2.75) is 6.92 Å². The molecule has 4 nitrogen and oxygen atoms in total. The van der Waals surface area contributed by atoms with E-state index in [4.69, 9.17) is 4.74 Å². The van der Waals surface area contributed by atoms with E-state index in [0.29, 0.717) is 5.57 Å². The van der Waals surface area contributed by atoms with E-state index < -0.39 is 5.97 Å². The van der Waals surface area contributed by atoms with Crippen molar-refractivity contribution in [1.82, 2.24) is 0 Å². The summed E-state index contributed by atoms with van der Waals surface area (Å²) in [5, 5.41) is 2.81. The maximum Gasteiger partial charge on any atom is 0.302 e. The van der Waals surface area contributed by atoms with Crippen LogP contribution in [-0.4, -0.2) is 12.6 Å². The van der Waals surface area contributed by atoms with Crippen molar-refractivity contribution in [1.29, 1.82) is 0 Å². The molecule has 4 heteroatoms. The van der Waals surface area contributed by atoms with E-state index in [2.05, 4.69) is 18.3 Å². The first kappa shape index (κ1) is 13.0. The lowest BCUT2D eigenvalue weighted by atomic mass is 10.2. The van der Waals surface area contributed by atoms with Crippen LogP contribution in [0.1, 0.15) is 6.92 Å². The van der Waals surface area contributed by atoms with Gasteiger partial charge in [-0.15, -0.1) is 4.91 Å². The van der Waals surface area contributed by atoms with E-state index in [0.717, 1.165) is 0 Å². The Morgan fingerprint density at radius 1 is 1.33 bits per heavy atom. The SMILES string of the molecule is C=C/C=C(COC(C)=O)\C(=C/C=C)N=O. The number of nitroso groups, excluding NO2 is 1. The Morgan fingerprint density at radius 2 is 1.93 bits per heavy atom. The van der Waals surface area contributed by atoms with Gasteiger partial charge < -0.3 is 4.74 Å². The molecule has 0 unspecified atom stereocenters. The molecule has 0 aromatic heterocycles. The number of nitrogens with zero attached hydrogens (tertiary/aromatic N) is 1. The molecule has 0 fully saturated rings. The molecule has 0 saturated heterocycles. The van der Waals surface area contributed by atoms with E-state index in [1.54, 1.807) is 6.08 Å². The molecule has 0 saturated carbocycles. The largest absolute Gasteiger partial charge is 0.461 e. The molecule has 0 aliphatic rings. The minimum atomic E-state index is -0.422. The third kappa shape index (κ3) is 5.36. The average Bonchev–Trinajstić information content (AvgIpc) is 2.21. The van der Waals surface area contributed by atoms with Gasteiger partial charge in [-0.3, -0.25) is 4.79 Å². The van der Waals surface area contributed by atoms with E-state index in [1.165, 1.54) is 25.2 Å². The predicted molar refractivity (Wildman–Crippen MR) is 59.0 cm³/mol. The number of ether oxygens (including phenoxy) is 1. The molecule has 0 N–H and O–H groups in total. The summed E-state index contributed by atoms with van der Waals surface area (Å²) in [6, 6.07) is 0. The zero-order valence-corrected chi connectivity index (χ0v) is 8.60. The summed E-state index contributed by atoms with van der Waals surface area (Å²) < 4.78 is 4.76. The van der Waals surface area contributed by atoms with Crippen molar-refractivity contribution in [3.05, 3.63) is 53.6 Å². The van der Waals surface area contributed by atoms with Crippen LogP contribution in [0.2, 0.25) is 0 Å². The van der Waals surface area contributed by atoms with Gasteiger partial charge in [0.05, 0.1) is 0 Å². The average molecular weight is 207 g/mol. The molecule has 0 bridgehead atoms. The summed E-state index contributed by atoms with van der Waals surface area (Å²) in [5.74, 6) is -0.422. The second kappa shape index (κ2) is 7.44. The highest BCUT2D eigenvalue weighted by Crippen LogP contribution is 2.12. The minimum Gasteiger partial charge on any atom is -0.461 e. The van der Waals surface area contributed by atoms with Gasteiger partial charge in [0.2, 0.25) is 0 Å². The summed E-state index contributed by atoms with van der Waals surface area (Å²) >= 11 is 0. The Hall–Kier alpha value is -1.97. The summed E-state index contributed by atoms with van der Waals surface area (Å²) in [7, 11) is 0. The van der Waals surface area contributed by atoms with Gasteiger partial charge in [-0.1, -0.05) is 31.4 Å². The van der Waals surface area contributed by atoms with E-state index >= 15 is 0 Å². The Labute approximate surface area is 88.6 Å². The van der Waals surface area contributed by atoms with Gasteiger partial charge in [0.15, 0.2) is 0 Å². The fraction of sp³-hybridized carbons (Fsp3) is 0.182. The highest BCUT2D eigenvalue weighted by Gasteiger charge is 2.06. The molecule has 0 aromatic rings. The highest BCUT2D eigenvalue weighted by atomic mass is 16.5. The van der Waals surface area contributed by atoms with Crippen LogP contribution in [0.15, 0.2) is 53.9 Å². The molecule has 15 heavy (non-hydrogen) atoms. The van der Waals surface area contributed by atoms with E-state index in [-0.39, 0.29) is 12.3 Å². The Kier molecular flexibility index (Phi) is 6.46. The van der Waals surface area contributed by atoms with Gasteiger partial charge in [0.25, 0.3) is 0 Å². The molecule has 0 aromatic carbocycles. The maximum absolute atomic E-state index is 10.6. The van der Waals surface area contributed by atoms with Gasteiger partial charge in [-0.25, -0.2) is 0 Å². The number of hydrogen-bond acceptors (Lipinski definition) is 4. The second-order valence-electron chi connectivity index (χ2n) is 2.59. The smallest absolute Gasteiger partial charge is 0.302 e. The number of carbonyl (C=O) groups excluding carboxylic acids is 1. The Bertz CT molecular complexity index is 327. The van der Waals surface area contributed by atoms with Crippen molar-refractivity contribution < 1.29 is 9.53 Å². The first-order valence-electron chi connectivity index (χ1n) is 4.27. The van der Waals surface area contributed by atoms with Gasteiger partial charge in [-0.05, 0) is 11.3 Å². The zero-order valence-electron chi connectivity index (χ0n) is 8.60. The van der Waals surface area contributed by atoms with Crippen molar-refractivity contribution in [2.24, 2.45) is 5.18 Å². The summed E-state index contributed by atoms with van der Waals surface area (Å²) in [5.41, 5.74) is 0.654. The quantitative estimate of drug-likeness (QED) is 0.382. The second-order valence-corrected chi connectivity index (χ2v) is 2.59. The van der Waals surface area contributed by atoms with Crippen molar-refractivity contribution in [2.75, 3.05) is 6.61 Å². The van der Waals surface area contributed by atoms with Crippen LogP contribution in [0, 0.1) is 4.91 Å². The third-order valence-electron chi connectivity index (χ3n) is 1.45. The van der Waals surface area contributed by atoms with Crippen molar-refractivity contribution >= 4 is 5.97 Å². The van der Waals surface area contributed by atoms with Crippen molar-refractivity contribution in [3.8, 4) is 0 Å². The lowest BCUT2D eigenvalue weighted by molar-refractivity contribution is -0.139. The van der Waals surface area contributed by atoms with Crippen LogP contribution in [0.3, 0.4) is 0 Å². The molecule has 0 aliphatic carbocycles. The fourth-order valence-corrected chi connectivity index (χ4v) is 0.837. The van der Waals surface area contributed by atoms with Crippen LogP contribution < -0.4 is 0 Å². The summed E-state index contributed by atoms with van der Waals surface area (Å²) in [4.78, 5) is 21.1. The molecule has 0 amide bonds. The minimum absolute atomic E-state index is 0.00718. The molecule has 0 aliphatic heterocycles. The fourth-order valence-electron chi connectivity index (χ4n) is 0.837. The highest BCUT2D eigenvalue weighted by molar-refractivity contribution is 5.66. The van der Waals surface area contributed by atoms with Crippen LogP contribution >= 0.6 is 0 Å². The Balaban J connectivity index is 4.79. The molecule has 0 spiro atoms. The standard InChI is InChI=1S/C11H13NO3/c1-4-6-10(8-15-9(3)13)11(12-14)7-5-2/h4-7H,1-2,8H2,3H3/b10-6-,11-7+. The maximum atomic E-state index is 10.6. The topological polar surface area (TPSA) is 55.7 Å². The lowest BCUT2D eigenvalue weighted by Crippen LogP contribution is -2.04. The molecular weight excluding hydrogens is 194 g/mol. The third-order valence-corrected chi connectivity index (χ3v) is 1.45. The zero-order chi connectivity index (χ0) is 11.7. The van der Waals surface area contributed by atoms with Gasteiger partial charge in [0.1, 0.15) is 12.3 Å². The number of allylic oxidation sites excluding steroid dienone is 4. The molecule has 80 valence electrons. The van der Waals surface area contributed by atoms with E-state index in [9.17, 15) is 9.70 Å².